The second kappa shape index (κ2) is 11.9. The van der Waals surface area contributed by atoms with Crippen molar-refractivity contribution in [3.8, 4) is 34.7 Å². The van der Waals surface area contributed by atoms with E-state index in [1.807, 2.05) is 12.1 Å². The number of aliphatic hydroxyl groups is 2. The molecule has 0 spiro atoms. The van der Waals surface area contributed by atoms with Crippen LogP contribution < -0.4 is 5.73 Å². The first-order chi connectivity index (χ1) is 18.3. The summed E-state index contributed by atoms with van der Waals surface area (Å²) in [5, 5.41) is 38.8. The zero-order chi connectivity index (χ0) is 27.2. The van der Waals surface area contributed by atoms with Crippen LogP contribution in [0.5, 0.6) is 0 Å². The van der Waals surface area contributed by atoms with Gasteiger partial charge in [0.25, 0.3) is 0 Å². The normalized spacial score (nSPS) is 11.6. The van der Waals surface area contributed by atoms with Crippen molar-refractivity contribution >= 4 is 17.6 Å². The average molecular weight is 530 g/mol. The van der Waals surface area contributed by atoms with Gasteiger partial charge in [0.2, 0.25) is 5.89 Å². The van der Waals surface area contributed by atoms with Crippen LogP contribution in [-0.4, -0.2) is 32.9 Å². The number of nitrogens with zero attached hydrogens (tertiary/aromatic N) is 4. The molecule has 0 amide bonds. The van der Waals surface area contributed by atoms with E-state index in [1.165, 1.54) is 23.9 Å². The lowest BCUT2D eigenvalue weighted by Crippen LogP contribution is -2.12. The van der Waals surface area contributed by atoms with Gasteiger partial charge < -0.3 is 20.4 Å². The summed E-state index contributed by atoms with van der Waals surface area (Å²) in [7, 11) is 0. The second-order valence-corrected chi connectivity index (χ2v) is 9.51. The van der Waals surface area contributed by atoms with Crippen LogP contribution in [0.2, 0.25) is 0 Å². The van der Waals surface area contributed by atoms with E-state index in [2.05, 4.69) is 22.1 Å². The van der Waals surface area contributed by atoms with E-state index in [0.717, 1.165) is 5.56 Å². The summed E-state index contributed by atoms with van der Waals surface area (Å²) in [6.45, 7) is 1.45. The van der Waals surface area contributed by atoms with E-state index in [4.69, 9.17) is 15.3 Å². The number of rotatable bonds is 9. The molecule has 0 aliphatic carbocycles. The molecular formula is C28H24FN5O3S. The van der Waals surface area contributed by atoms with Crippen molar-refractivity contribution in [2.75, 3.05) is 12.3 Å². The number of hydrogen-bond acceptors (Lipinski definition) is 9. The van der Waals surface area contributed by atoms with Crippen LogP contribution in [0, 0.1) is 35.4 Å². The molecule has 8 nitrogen and oxygen atoms in total. The number of aryl methyl sites for hydroxylation is 2. The Hall–Kier alpha value is -4.22. The smallest absolute Gasteiger partial charge is 0.226 e. The first-order valence-electron chi connectivity index (χ1n) is 11.7. The Morgan fingerprint density at radius 2 is 1.82 bits per heavy atom. The molecular weight excluding hydrogens is 505 g/mol. The number of nitrogen functional groups attached to an aromatic ring is 1. The number of aliphatic hydroxyl groups excluding tert-OH is 2. The summed E-state index contributed by atoms with van der Waals surface area (Å²) in [4.78, 5) is 8.83. The quantitative estimate of drug-likeness (QED) is 0.261. The maximum Gasteiger partial charge on any atom is 0.226 e. The molecule has 10 heteroatoms. The highest BCUT2D eigenvalue weighted by Gasteiger charge is 2.22. The second-order valence-electron chi connectivity index (χ2n) is 8.54. The van der Waals surface area contributed by atoms with Crippen molar-refractivity contribution in [3.63, 3.8) is 0 Å². The van der Waals surface area contributed by atoms with Gasteiger partial charge in [-0.25, -0.2) is 14.4 Å². The molecule has 0 aliphatic rings. The number of benzene rings is 2. The zero-order valence-corrected chi connectivity index (χ0v) is 21.3. The number of nitriles is 2. The molecule has 38 heavy (non-hydrogen) atoms. The maximum absolute atomic E-state index is 13.6. The molecule has 2 aromatic carbocycles. The Labute approximate surface area is 223 Å². The van der Waals surface area contributed by atoms with Gasteiger partial charge in [-0.2, -0.15) is 10.5 Å². The van der Waals surface area contributed by atoms with E-state index >= 15 is 0 Å². The van der Waals surface area contributed by atoms with Crippen LogP contribution in [0.3, 0.4) is 0 Å². The van der Waals surface area contributed by atoms with Gasteiger partial charge in [-0.15, -0.1) is 0 Å². The molecule has 0 saturated carbocycles. The SMILES string of the molecule is Cc1oc(-c2cccc(F)c2)nc1CSc1nc(N)c(C#N)c(-c2ccc(CC[C@@H](O)CO)cc2)c1C#N. The van der Waals surface area contributed by atoms with Gasteiger partial charge in [0.05, 0.1) is 24.0 Å². The summed E-state index contributed by atoms with van der Waals surface area (Å²) in [6, 6.07) is 17.5. The monoisotopic (exact) mass is 529 g/mol. The minimum Gasteiger partial charge on any atom is -0.441 e. The molecule has 2 heterocycles. The fourth-order valence-corrected chi connectivity index (χ4v) is 4.89. The highest BCUT2D eigenvalue weighted by molar-refractivity contribution is 7.98. The Kier molecular flexibility index (Phi) is 8.39. The summed E-state index contributed by atoms with van der Waals surface area (Å²) in [5.41, 5.74) is 9.55. The Morgan fingerprint density at radius 1 is 1.08 bits per heavy atom. The molecule has 0 unspecified atom stereocenters. The fraction of sp³-hybridized carbons (Fsp3) is 0.214. The summed E-state index contributed by atoms with van der Waals surface area (Å²) >= 11 is 1.24. The van der Waals surface area contributed by atoms with Crippen molar-refractivity contribution < 1.29 is 19.0 Å². The molecule has 0 radical (unpaired) electrons. The van der Waals surface area contributed by atoms with E-state index in [9.17, 15) is 20.0 Å². The van der Waals surface area contributed by atoms with Gasteiger partial charge >= 0.3 is 0 Å². The van der Waals surface area contributed by atoms with Crippen molar-refractivity contribution in [2.45, 2.75) is 36.6 Å². The van der Waals surface area contributed by atoms with E-state index in [0.29, 0.717) is 51.8 Å². The van der Waals surface area contributed by atoms with E-state index in [-0.39, 0.29) is 29.4 Å². The first kappa shape index (κ1) is 26.8. The number of anilines is 1. The molecule has 4 aromatic rings. The van der Waals surface area contributed by atoms with E-state index < -0.39 is 11.9 Å². The van der Waals surface area contributed by atoms with Crippen molar-refractivity contribution in [1.82, 2.24) is 9.97 Å². The van der Waals surface area contributed by atoms with Gasteiger partial charge in [-0.1, -0.05) is 42.1 Å². The number of oxazole rings is 1. The molecule has 4 rings (SSSR count). The molecule has 4 N–H and O–H groups in total. The number of thioether (sulfide) groups is 1. The fourth-order valence-electron chi connectivity index (χ4n) is 3.90. The summed E-state index contributed by atoms with van der Waals surface area (Å²) in [5.74, 6) is 0.769. The predicted octanol–water partition coefficient (Wildman–Crippen LogP) is 4.75. The van der Waals surface area contributed by atoms with Gasteiger partial charge in [-0.3, -0.25) is 0 Å². The number of halogens is 1. The van der Waals surface area contributed by atoms with E-state index in [1.54, 1.807) is 31.2 Å². The Balaban J connectivity index is 1.63. The highest BCUT2D eigenvalue weighted by Crippen LogP contribution is 2.37. The van der Waals surface area contributed by atoms with Crippen LogP contribution in [0.25, 0.3) is 22.6 Å². The third kappa shape index (κ3) is 5.84. The molecule has 0 aliphatic heterocycles. The Bertz CT molecular complexity index is 1540. The van der Waals surface area contributed by atoms with Gasteiger partial charge in [0.1, 0.15) is 40.1 Å². The predicted molar refractivity (Wildman–Crippen MR) is 141 cm³/mol. The minimum atomic E-state index is -0.789. The van der Waals surface area contributed by atoms with Crippen LogP contribution in [0.15, 0.2) is 58.0 Å². The maximum atomic E-state index is 13.6. The molecule has 0 bridgehead atoms. The lowest BCUT2D eigenvalue weighted by Gasteiger charge is -2.13. The lowest BCUT2D eigenvalue weighted by molar-refractivity contribution is 0.0886. The number of nitrogens with two attached hydrogens (primary N) is 1. The van der Waals surface area contributed by atoms with Gasteiger partial charge in [0, 0.05) is 16.9 Å². The van der Waals surface area contributed by atoms with Crippen LogP contribution >= 0.6 is 11.8 Å². The van der Waals surface area contributed by atoms with Gasteiger partial charge in [0.15, 0.2) is 0 Å². The minimum absolute atomic E-state index is 0.0106. The first-order valence-corrected chi connectivity index (χ1v) is 12.7. The molecule has 2 aromatic heterocycles. The van der Waals surface area contributed by atoms with Crippen LogP contribution in [0.4, 0.5) is 10.2 Å². The number of hydrogen-bond donors (Lipinski definition) is 3. The van der Waals surface area contributed by atoms with Crippen molar-refractivity contribution in [2.24, 2.45) is 0 Å². The topological polar surface area (TPSA) is 153 Å². The van der Waals surface area contributed by atoms with Crippen molar-refractivity contribution in [1.29, 1.82) is 10.5 Å². The number of aromatic nitrogens is 2. The molecule has 0 saturated heterocycles. The summed E-state index contributed by atoms with van der Waals surface area (Å²) < 4.78 is 19.4. The van der Waals surface area contributed by atoms with Crippen molar-refractivity contribution in [3.05, 3.63) is 82.5 Å². The molecule has 0 fully saturated rings. The summed E-state index contributed by atoms with van der Waals surface area (Å²) in [6.07, 6.45) is 0.184. The standard InChI is InChI=1S/C28H24FN5O3S/c1-16-24(33-27(37-16)19-3-2-4-20(29)11-19)15-38-28-23(13-31)25(22(12-30)26(32)34-28)18-8-5-17(6-9-18)7-10-21(36)14-35/h2-6,8-9,11,21,35-36H,7,10,14-15H2,1H3,(H2,32,34)/t21-/m1/s1. The van der Waals surface area contributed by atoms with Gasteiger partial charge in [-0.05, 0) is 49.1 Å². The Morgan fingerprint density at radius 3 is 2.47 bits per heavy atom. The largest absolute Gasteiger partial charge is 0.441 e. The van der Waals surface area contributed by atoms with Crippen LogP contribution in [-0.2, 0) is 12.2 Å². The number of pyridine rings is 1. The zero-order valence-electron chi connectivity index (χ0n) is 20.5. The third-order valence-electron chi connectivity index (χ3n) is 5.95. The van der Waals surface area contributed by atoms with Crippen LogP contribution in [0.1, 0.15) is 34.6 Å². The highest BCUT2D eigenvalue weighted by atomic mass is 32.2. The lowest BCUT2D eigenvalue weighted by atomic mass is 9.95. The third-order valence-corrected chi connectivity index (χ3v) is 6.93. The molecule has 1 atom stereocenters. The average Bonchev–Trinajstić information content (AvgIpc) is 3.30. The molecule has 192 valence electrons.